The molecule has 142 valence electrons. The lowest BCUT2D eigenvalue weighted by Crippen LogP contribution is -2.24. The molecule has 0 amide bonds. The number of thioether (sulfide) groups is 1. The van der Waals surface area contributed by atoms with Crippen LogP contribution in [0.4, 0.5) is 0 Å². The third-order valence-electron chi connectivity index (χ3n) is 5.70. The first-order valence-corrected chi connectivity index (χ1v) is 10.5. The standard InChI is InChI=1S/C23H22N2O2S/c1-23(2)12-11-17-21(23)28-22(24-17)15-6-3-7-16(13-15)27-19-10-9-14-5-4-8-18(26)20(14)25-19/h3-10,13,17,21,26H,11-12H2,1-2H3/t17-,21-/m0/s1. The molecule has 1 saturated carbocycles. The van der Waals surface area contributed by atoms with Crippen molar-refractivity contribution in [2.75, 3.05) is 0 Å². The highest BCUT2D eigenvalue weighted by molar-refractivity contribution is 8.15. The van der Waals surface area contributed by atoms with E-state index in [9.17, 15) is 5.11 Å². The number of para-hydroxylation sites is 1. The number of fused-ring (bicyclic) bond motifs is 2. The van der Waals surface area contributed by atoms with E-state index in [1.165, 1.54) is 12.8 Å². The number of aromatic hydroxyl groups is 1. The fourth-order valence-corrected chi connectivity index (χ4v) is 5.62. The molecule has 2 aromatic carbocycles. The minimum Gasteiger partial charge on any atom is -0.506 e. The van der Waals surface area contributed by atoms with Gasteiger partial charge in [-0.2, -0.15) is 0 Å². The molecule has 0 radical (unpaired) electrons. The number of benzene rings is 2. The number of ether oxygens (including phenoxy) is 1. The first-order chi connectivity index (χ1) is 13.5. The zero-order valence-electron chi connectivity index (χ0n) is 15.9. The van der Waals surface area contributed by atoms with Gasteiger partial charge < -0.3 is 9.84 Å². The number of aliphatic imine (C=N–C) groups is 1. The molecule has 2 aliphatic rings. The minimum absolute atomic E-state index is 0.155. The maximum Gasteiger partial charge on any atom is 0.219 e. The third-order valence-corrected chi connectivity index (χ3v) is 7.47. The normalized spacial score (nSPS) is 22.9. The highest BCUT2D eigenvalue weighted by atomic mass is 32.2. The maximum absolute atomic E-state index is 10.0. The van der Waals surface area contributed by atoms with Gasteiger partial charge in [0.05, 0.1) is 11.1 Å². The zero-order chi connectivity index (χ0) is 19.3. The minimum atomic E-state index is 0.155. The molecular weight excluding hydrogens is 368 g/mol. The van der Waals surface area contributed by atoms with E-state index in [0.29, 0.717) is 28.1 Å². The Morgan fingerprint density at radius 2 is 1.96 bits per heavy atom. The summed E-state index contributed by atoms with van der Waals surface area (Å²) in [4.78, 5) is 9.45. The van der Waals surface area contributed by atoms with Crippen LogP contribution in [-0.4, -0.2) is 26.4 Å². The summed E-state index contributed by atoms with van der Waals surface area (Å²) in [5.74, 6) is 1.34. The molecule has 2 heterocycles. The highest BCUT2D eigenvalue weighted by Gasteiger charge is 2.46. The van der Waals surface area contributed by atoms with E-state index < -0.39 is 0 Å². The van der Waals surface area contributed by atoms with Gasteiger partial charge in [0.2, 0.25) is 5.88 Å². The smallest absolute Gasteiger partial charge is 0.219 e. The zero-order valence-corrected chi connectivity index (χ0v) is 16.7. The van der Waals surface area contributed by atoms with Crippen molar-refractivity contribution in [3.05, 3.63) is 60.2 Å². The lowest BCUT2D eigenvalue weighted by Gasteiger charge is -2.24. The van der Waals surface area contributed by atoms with Gasteiger partial charge in [-0.15, -0.1) is 11.8 Å². The van der Waals surface area contributed by atoms with Gasteiger partial charge in [-0.05, 0) is 42.5 Å². The topological polar surface area (TPSA) is 54.7 Å². The van der Waals surface area contributed by atoms with E-state index in [4.69, 9.17) is 9.73 Å². The van der Waals surface area contributed by atoms with E-state index >= 15 is 0 Å². The Labute approximate surface area is 168 Å². The molecule has 1 fully saturated rings. The molecule has 1 aliphatic heterocycles. The van der Waals surface area contributed by atoms with Crippen LogP contribution in [0.15, 0.2) is 59.6 Å². The van der Waals surface area contributed by atoms with Gasteiger partial charge in [-0.25, -0.2) is 4.98 Å². The van der Waals surface area contributed by atoms with Crippen LogP contribution < -0.4 is 4.74 Å². The quantitative estimate of drug-likeness (QED) is 0.615. The molecule has 2 atom stereocenters. The molecule has 0 saturated heterocycles. The van der Waals surface area contributed by atoms with Crippen LogP contribution in [0, 0.1) is 5.41 Å². The van der Waals surface area contributed by atoms with Crippen LogP contribution in [0.2, 0.25) is 0 Å². The Bertz CT molecular complexity index is 1090. The van der Waals surface area contributed by atoms with Crippen molar-refractivity contribution in [2.24, 2.45) is 10.4 Å². The molecule has 5 heteroatoms. The number of rotatable bonds is 3. The summed E-state index contributed by atoms with van der Waals surface area (Å²) in [6.45, 7) is 4.70. The van der Waals surface area contributed by atoms with Crippen molar-refractivity contribution in [3.8, 4) is 17.4 Å². The number of aromatic nitrogens is 1. The van der Waals surface area contributed by atoms with E-state index in [1.54, 1.807) is 12.1 Å². The molecule has 3 aromatic rings. The van der Waals surface area contributed by atoms with E-state index in [0.717, 1.165) is 21.7 Å². The van der Waals surface area contributed by atoms with Crippen LogP contribution in [0.25, 0.3) is 10.9 Å². The van der Waals surface area contributed by atoms with Crippen LogP contribution in [-0.2, 0) is 0 Å². The van der Waals surface area contributed by atoms with E-state index in [1.807, 2.05) is 48.2 Å². The second-order valence-electron chi connectivity index (χ2n) is 8.20. The maximum atomic E-state index is 10.0. The number of phenolic OH excluding ortho intramolecular Hbond substituents is 1. The average Bonchev–Trinajstić information content (AvgIpc) is 3.24. The van der Waals surface area contributed by atoms with Crippen molar-refractivity contribution in [2.45, 2.75) is 38.0 Å². The Morgan fingerprint density at radius 1 is 1.11 bits per heavy atom. The first-order valence-electron chi connectivity index (χ1n) is 9.61. The molecule has 1 N–H and O–H groups in total. The number of hydrogen-bond donors (Lipinski definition) is 1. The van der Waals surface area contributed by atoms with Crippen molar-refractivity contribution in [1.29, 1.82) is 0 Å². The Hall–Kier alpha value is -2.53. The van der Waals surface area contributed by atoms with Gasteiger partial charge in [0.15, 0.2) is 0 Å². The van der Waals surface area contributed by atoms with Gasteiger partial charge in [-0.1, -0.05) is 38.1 Å². The number of phenols is 1. The first kappa shape index (κ1) is 17.6. The summed E-state index contributed by atoms with van der Waals surface area (Å²) in [7, 11) is 0. The largest absolute Gasteiger partial charge is 0.506 e. The summed E-state index contributed by atoms with van der Waals surface area (Å²) in [6.07, 6.45) is 2.42. The van der Waals surface area contributed by atoms with Crippen molar-refractivity contribution >= 4 is 27.7 Å². The highest BCUT2D eigenvalue weighted by Crippen LogP contribution is 2.50. The summed E-state index contributed by atoms with van der Waals surface area (Å²) in [5, 5.41) is 12.6. The molecule has 1 aromatic heterocycles. The average molecular weight is 391 g/mol. The Morgan fingerprint density at radius 3 is 2.82 bits per heavy atom. The molecule has 28 heavy (non-hydrogen) atoms. The molecule has 4 nitrogen and oxygen atoms in total. The Balaban J connectivity index is 1.40. The van der Waals surface area contributed by atoms with E-state index in [-0.39, 0.29) is 5.75 Å². The molecule has 0 bridgehead atoms. The fraction of sp³-hybridized carbons (Fsp3) is 0.304. The lowest BCUT2D eigenvalue weighted by molar-refractivity contribution is 0.390. The Kier molecular flexibility index (Phi) is 4.09. The predicted molar refractivity (Wildman–Crippen MR) is 115 cm³/mol. The van der Waals surface area contributed by atoms with Crippen molar-refractivity contribution in [1.82, 2.24) is 4.98 Å². The molecular formula is C23H22N2O2S. The van der Waals surface area contributed by atoms with Crippen molar-refractivity contribution in [3.63, 3.8) is 0 Å². The van der Waals surface area contributed by atoms with Gasteiger partial charge in [0.25, 0.3) is 0 Å². The number of nitrogens with zero attached hydrogens (tertiary/aromatic N) is 2. The number of hydrogen-bond acceptors (Lipinski definition) is 5. The van der Waals surface area contributed by atoms with Crippen LogP contribution in [0.3, 0.4) is 0 Å². The van der Waals surface area contributed by atoms with Crippen LogP contribution in [0.5, 0.6) is 17.4 Å². The van der Waals surface area contributed by atoms with Gasteiger partial charge in [0.1, 0.15) is 17.0 Å². The predicted octanol–water partition coefficient (Wildman–Crippen LogP) is 5.78. The van der Waals surface area contributed by atoms with Gasteiger partial charge in [0, 0.05) is 22.3 Å². The monoisotopic (exact) mass is 390 g/mol. The number of pyridine rings is 1. The third kappa shape index (κ3) is 3.04. The van der Waals surface area contributed by atoms with Crippen molar-refractivity contribution < 1.29 is 9.84 Å². The summed E-state index contributed by atoms with van der Waals surface area (Å²) in [6, 6.07) is 17.5. The molecule has 0 unspecified atom stereocenters. The van der Waals surface area contributed by atoms with Crippen LogP contribution in [0.1, 0.15) is 32.3 Å². The summed E-state index contributed by atoms with van der Waals surface area (Å²) in [5.41, 5.74) is 1.98. The van der Waals surface area contributed by atoms with E-state index in [2.05, 4.69) is 24.9 Å². The van der Waals surface area contributed by atoms with Gasteiger partial charge >= 0.3 is 0 Å². The summed E-state index contributed by atoms with van der Waals surface area (Å²) < 4.78 is 5.99. The molecule has 1 aliphatic carbocycles. The SMILES string of the molecule is CC1(C)CC[C@@H]2N=C(c3cccc(Oc4ccc5cccc(O)c5n4)c3)S[C@@H]21. The molecule has 0 spiro atoms. The fourth-order valence-electron chi connectivity index (χ4n) is 4.13. The second-order valence-corrected chi connectivity index (χ2v) is 9.33. The lowest BCUT2D eigenvalue weighted by atomic mass is 9.91. The van der Waals surface area contributed by atoms with Crippen LogP contribution >= 0.6 is 11.8 Å². The second kappa shape index (κ2) is 6.52. The van der Waals surface area contributed by atoms with Gasteiger partial charge in [-0.3, -0.25) is 4.99 Å². The molecule has 5 rings (SSSR count). The summed E-state index contributed by atoms with van der Waals surface area (Å²) >= 11 is 1.91.